The summed E-state index contributed by atoms with van der Waals surface area (Å²) in [7, 11) is 0. The zero-order valence-corrected chi connectivity index (χ0v) is 12.4. The van der Waals surface area contributed by atoms with Crippen LogP contribution in [-0.2, 0) is 6.42 Å². The van der Waals surface area contributed by atoms with Gasteiger partial charge in [0.1, 0.15) is 5.82 Å². The van der Waals surface area contributed by atoms with Gasteiger partial charge in [0, 0.05) is 12.2 Å². The highest BCUT2D eigenvalue weighted by Crippen LogP contribution is 2.19. The molecular weight excluding hydrogens is 291 g/mol. The van der Waals surface area contributed by atoms with Gasteiger partial charge in [0.05, 0.1) is 5.02 Å². The van der Waals surface area contributed by atoms with Crippen molar-refractivity contribution in [1.29, 1.82) is 0 Å². The Labute approximate surface area is 128 Å². The van der Waals surface area contributed by atoms with Gasteiger partial charge in [-0.15, -0.1) is 0 Å². The molecule has 0 aliphatic carbocycles. The average Bonchev–Trinajstić information content (AvgIpc) is 2.45. The van der Waals surface area contributed by atoms with Crippen LogP contribution in [0.2, 0.25) is 5.02 Å². The molecular formula is C16H16ClFN2O. The number of hydrogen-bond acceptors (Lipinski definition) is 1. The van der Waals surface area contributed by atoms with Crippen LogP contribution in [0.1, 0.15) is 11.1 Å². The van der Waals surface area contributed by atoms with Crippen molar-refractivity contribution in [3.8, 4) is 0 Å². The van der Waals surface area contributed by atoms with Crippen LogP contribution in [-0.4, -0.2) is 12.6 Å². The second-order valence-corrected chi connectivity index (χ2v) is 5.15. The molecule has 0 aliphatic heterocycles. The summed E-state index contributed by atoms with van der Waals surface area (Å²) >= 11 is 5.65. The van der Waals surface area contributed by atoms with Gasteiger partial charge in [-0.05, 0) is 37.1 Å². The number of carbonyl (C=O) groups excluding carboxylic acids is 1. The van der Waals surface area contributed by atoms with Crippen LogP contribution in [0.4, 0.5) is 14.9 Å². The SMILES string of the molecule is Cc1ccc(CCNC(=O)Nc2ccc(F)c(Cl)c2)cc1. The number of anilines is 1. The molecule has 0 heterocycles. The summed E-state index contributed by atoms with van der Waals surface area (Å²) in [4.78, 5) is 11.7. The maximum absolute atomic E-state index is 13.0. The van der Waals surface area contributed by atoms with Crippen molar-refractivity contribution in [3.63, 3.8) is 0 Å². The van der Waals surface area contributed by atoms with Crippen molar-refractivity contribution in [2.24, 2.45) is 0 Å². The van der Waals surface area contributed by atoms with E-state index in [1.807, 2.05) is 31.2 Å². The monoisotopic (exact) mass is 306 g/mol. The number of rotatable bonds is 4. The molecule has 0 saturated carbocycles. The molecule has 0 aliphatic rings. The van der Waals surface area contributed by atoms with E-state index in [0.29, 0.717) is 12.2 Å². The fraction of sp³-hybridized carbons (Fsp3) is 0.188. The first-order valence-corrected chi connectivity index (χ1v) is 6.98. The Morgan fingerprint density at radius 1 is 1.19 bits per heavy atom. The zero-order valence-electron chi connectivity index (χ0n) is 11.6. The van der Waals surface area contributed by atoms with Crippen LogP contribution in [0.15, 0.2) is 42.5 Å². The molecule has 0 radical (unpaired) electrons. The molecule has 2 amide bonds. The summed E-state index contributed by atoms with van der Waals surface area (Å²) in [6.45, 7) is 2.55. The average molecular weight is 307 g/mol. The van der Waals surface area contributed by atoms with Crippen LogP contribution >= 0.6 is 11.6 Å². The number of nitrogens with one attached hydrogen (secondary N) is 2. The maximum atomic E-state index is 13.0. The van der Waals surface area contributed by atoms with Crippen LogP contribution < -0.4 is 10.6 Å². The van der Waals surface area contributed by atoms with E-state index >= 15 is 0 Å². The molecule has 0 fully saturated rings. The van der Waals surface area contributed by atoms with E-state index in [1.54, 1.807) is 0 Å². The molecule has 0 bridgehead atoms. The largest absolute Gasteiger partial charge is 0.338 e. The van der Waals surface area contributed by atoms with Crippen LogP contribution in [0.25, 0.3) is 0 Å². The molecule has 0 aromatic heterocycles. The number of halogens is 2. The number of hydrogen-bond donors (Lipinski definition) is 2. The lowest BCUT2D eigenvalue weighted by Gasteiger charge is -2.08. The molecule has 2 aromatic rings. The van der Waals surface area contributed by atoms with Gasteiger partial charge in [0.25, 0.3) is 0 Å². The van der Waals surface area contributed by atoms with E-state index in [4.69, 9.17) is 11.6 Å². The van der Waals surface area contributed by atoms with Gasteiger partial charge in [0.15, 0.2) is 0 Å². The second kappa shape index (κ2) is 7.09. The van der Waals surface area contributed by atoms with Crippen molar-refractivity contribution in [2.45, 2.75) is 13.3 Å². The highest BCUT2D eigenvalue weighted by atomic mass is 35.5. The predicted molar refractivity (Wildman–Crippen MR) is 83.3 cm³/mol. The van der Waals surface area contributed by atoms with E-state index in [1.165, 1.54) is 23.8 Å². The topological polar surface area (TPSA) is 41.1 Å². The quantitative estimate of drug-likeness (QED) is 0.875. The normalized spacial score (nSPS) is 10.2. The van der Waals surface area contributed by atoms with Gasteiger partial charge < -0.3 is 10.6 Å². The van der Waals surface area contributed by atoms with Gasteiger partial charge in [-0.1, -0.05) is 41.4 Å². The van der Waals surface area contributed by atoms with Crippen LogP contribution in [0.5, 0.6) is 0 Å². The fourth-order valence-electron chi connectivity index (χ4n) is 1.82. The summed E-state index contributed by atoms with van der Waals surface area (Å²) < 4.78 is 13.0. The third-order valence-corrected chi connectivity index (χ3v) is 3.29. The summed E-state index contributed by atoms with van der Waals surface area (Å²) in [5.41, 5.74) is 2.82. The molecule has 5 heteroatoms. The molecule has 21 heavy (non-hydrogen) atoms. The molecule has 2 N–H and O–H groups in total. The lowest BCUT2D eigenvalue weighted by atomic mass is 10.1. The predicted octanol–water partition coefficient (Wildman–Crippen LogP) is 4.15. The first-order chi connectivity index (χ1) is 10.0. The molecule has 110 valence electrons. The van der Waals surface area contributed by atoms with Gasteiger partial charge in [0.2, 0.25) is 0 Å². The van der Waals surface area contributed by atoms with Crippen LogP contribution in [0.3, 0.4) is 0 Å². The number of aryl methyl sites for hydroxylation is 1. The van der Waals surface area contributed by atoms with E-state index in [9.17, 15) is 9.18 Å². The molecule has 0 atom stereocenters. The Bertz CT molecular complexity index is 629. The maximum Gasteiger partial charge on any atom is 0.319 e. The Morgan fingerprint density at radius 3 is 2.57 bits per heavy atom. The third-order valence-electron chi connectivity index (χ3n) is 3.00. The van der Waals surface area contributed by atoms with Crippen molar-refractivity contribution >= 4 is 23.3 Å². The highest BCUT2D eigenvalue weighted by molar-refractivity contribution is 6.31. The Morgan fingerprint density at radius 2 is 1.90 bits per heavy atom. The minimum atomic E-state index is -0.512. The molecule has 0 unspecified atom stereocenters. The standard InChI is InChI=1S/C16H16ClFN2O/c1-11-2-4-12(5-3-11)8-9-19-16(21)20-13-6-7-15(18)14(17)10-13/h2-7,10H,8-9H2,1H3,(H2,19,20,21). The second-order valence-electron chi connectivity index (χ2n) is 4.75. The van der Waals surface area contributed by atoms with Gasteiger partial charge in [-0.3, -0.25) is 0 Å². The Balaban J connectivity index is 1.79. The van der Waals surface area contributed by atoms with Crippen molar-refractivity contribution in [2.75, 3.05) is 11.9 Å². The summed E-state index contributed by atoms with van der Waals surface area (Å²) in [6.07, 6.45) is 0.748. The molecule has 2 rings (SSSR count). The third kappa shape index (κ3) is 4.76. The molecule has 0 spiro atoms. The minimum absolute atomic E-state index is 0.0209. The van der Waals surface area contributed by atoms with E-state index in [2.05, 4.69) is 10.6 Å². The highest BCUT2D eigenvalue weighted by Gasteiger charge is 2.04. The van der Waals surface area contributed by atoms with Crippen LogP contribution in [0, 0.1) is 12.7 Å². The summed E-state index contributed by atoms with van der Waals surface area (Å²) in [6, 6.07) is 11.8. The number of benzene rings is 2. The molecule has 0 saturated heterocycles. The first kappa shape index (κ1) is 15.3. The first-order valence-electron chi connectivity index (χ1n) is 6.60. The number of carbonyl (C=O) groups is 1. The summed E-state index contributed by atoms with van der Waals surface area (Å²) in [5, 5.41) is 5.32. The van der Waals surface area contributed by atoms with E-state index in [0.717, 1.165) is 12.0 Å². The Hall–Kier alpha value is -2.07. The molecule has 2 aromatic carbocycles. The lowest BCUT2D eigenvalue weighted by Crippen LogP contribution is -2.30. The fourth-order valence-corrected chi connectivity index (χ4v) is 2.00. The van der Waals surface area contributed by atoms with E-state index < -0.39 is 5.82 Å². The lowest BCUT2D eigenvalue weighted by molar-refractivity contribution is 0.252. The minimum Gasteiger partial charge on any atom is -0.338 e. The van der Waals surface area contributed by atoms with Gasteiger partial charge >= 0.3 is 6.03 Å². The Kier molecular flexibility index (Phi) is 5.17. The number of amides is 2. The zero-order chi connectivity index (χ0) is 15.2. The van der Waals surface area contributed by atoms with Crippen molar-refractivity contribution < 1.29 is 9.18 Å². The summed E-state index contributed by atoms with van der Waals surface area (Å²) in [5.74, 6) is -0.512. The van der Waals surface area contributed by atoms with Gasteiger partial charge in [-0.2, -0.15) is 0 Å². The van der Waals surface area contributed by atoms with Crippen molar-refractivity contribution in [1.82, 2.24) is 5.32 Å². The molecule has 3 nitrogen and oxygen atoms in total. The number of urea groups is 1. The van der Waals surface area contributed by atoms with E-state index in [-0.39, 0.29) is 11.1 Å². The van der Waals surface area contributed by atoms with Gasteiger partial charge in [-0.25, -0.2) is 9.18 Å². The van der Waals surface area contributed by atoms with Crippen molar-refractivity contribution in [3.05, 3.63) is 64.4 Å². The smallest absolute Gasteiger partial charge is 0.319 e.